The molecule has 2 atom stereocenters. The molecule has 2 heterocycles. The number of halogens is 1. The van der Waals surface area contributed by atoms with Gasteiger partial charge in [0.2, 0.25) is 0 Å². The van der Waals surface area contributed by atoms with Crippen LogP contribution in [0.1, 0.15) is 17.3 Å². The maximum Gasteiger partial charge on any atom is 0.296 e. The number of quaternary nitrogens is 1. The van der Waals surface area contributed by atoms with Crippen molar-refractivity contribution in [2.24, 2.45) is 0 Å². The van der Waals surface area contributed by atoms with Gasteiger partial charge >= 0.3 is 0 Å². The predicted molar refractivity (Wildman–Crippen MR) is 127 cm³/mol. The summed E-state index contributed by atoms with van der Waals surface area (Å²) >= 11 is 6.59. The van der Waals surface area contributed by atoms with Crippen molar-refractivity contribution < 1.29 is 9.53 Å². The minimum absolute atomic E-state index is 0.00912. The molecule has 1 amide bonds. The van der Waals surface area contributed by atoms with E-state index in [1.54, 1.807) is 0 Å². The zero-order valence-electron chi connectivity index (χ0n) is 17.7. The number of carbonyl (C=O) groups is 1. The Hall–Kier alpha value is -3.19. The number of para-hydroxylation sites is 2. The Labute approximate surface area is 191 Å². The molecule has 3 aromatic carbocycles. The minimum Gasteiger partial charge on any atom is -0.367 e. The first-order valence-corrected chi connectivity index (χ1v) is 11.0. The van der Waals surface area contributed by atoms with E-state index >= 15 is 0 Å². The van der Waals surface area contributed by atoms with Crippen LogP contribution in [0, 0.1) is 0 Å². The zero-order valence-corrected chi connectivity index (χ0v) is 18.5. The molecule has 1 aromatic heterocycles. The smallest absolute Gasteiger partial charge is 0.296 e. The summed E-state index contributed by atoms with van der Waals surface area (Å²) in [6.45, 7) is 3.79. The second-order valence-electron chi connectivity index (χ2n) is 8.13. The maximum absolute atomic E-state index is 13.1. The lowest BCUT2D eigenvalue weighted by molar-refractivity contribution is -0.0306. The largest absolute Gasteiger partial charge is 0.367 e. The number of rotatable bonds is 4. The number of aromatic amines is 1. The van der Waals surface area contributed by atoms with Crippen molar-refractivity contribution in [3.8, 4) is 11.4 Å². The zero-order chi connectivity index (χ0) is 22.1. The molecule has 1 fully saturated rings. The lowest BCUT2D eigenvalue weighted by Gasteiger charge is -2.42. The summed E-state index contributed by atoms with van der Waals surface area (Å²) in [7, 11) is 0. The van der Waals surface area contributed by atoms with Crippen molar-refractivity contribution in [3.05, 3.63) is 83.4 Å². The van der Waals surface area contributed by atoms with Crippen LogP contribution in [0.4, 0.5) is 5.69 Å². The first kappa shape index (κ1) is 20.7. The van der Waals surface area contributed by atoms with Crippen LogP contribution in [-0.4, -0.2) is 41.7 Å². The number of hydrogen-bond acceptors (Lipinski definition) is 3. The number of fused-ring (bicyclic) bond motifs is 1. The van der Waals surface area contributed by atoms with Crippen LogP contribution < -0.4 is 10.0 Å². The number of carbonyl (C=O) groups excluding carboxylic acids is 1. The Balaban J connectivity index is 1.57. The monoisotopic (exact) mass is 447 g/mol. The molecule has 6 nitrogen and oxygen atoms in total. The molecule has 0 aliphatic carbocycles. The Bertz CT molecular complexity index is 1240. The van der Waals surface area contributed by atoms with Gasteiger partial charge in [0.05, 0.1) is 22.7 Å². The van der Waals surface area contributed by atoms with Crippen LogP contribution >= 0.6 is 11.6 Å². The molecular weight excluding hydrogens is 424 g/mol. The second-order valence-corrected chi connectivity index (χ2v) is 8.54. The Kier molecular flexibility index (Phi) is 5.43. The summed E-state index contributed by atoms with van der Waals surface area (Å²) in [5.74, 6) is 0.576. The van der Waals surface area contributed by atoms with Gasteiger partial charge in [0, 0.05) is 23.3 Å². The highest BCUT2D eigenvalue weighted by atomic mass is 35.5. The van der Waals surface area contributed by atoms with E-state index in [0.29, 0.717) is 36.1 Å². The van der Waals surface area contributed by atoms with E-state index in [9.17, 15) is 4.79 Å². The van der Waals surface area contributed by atoms with E-state index in [2.05, 4.69) is 10.4 Å². The van der Waals surface area contributed by atoms with Crippen molar-refractivity contribution >= 4 is 34.2 Å². The Morgan fingerprint density at radius 3 is 2.69 bits per heavy atom. The predicted octanol–water partition coefficient (Wildman–Crippen LogP) is 4.95. The fraction of sp³-hybridized carbons (Fsp3) is 0.200. The van der Waals surface area contributed by atoms with Gasteiger partial charge in [-0.05, 0) is 37.3 Å². The molecule has 1 saturated heterocycles. The highest BCUT2D eigenvalue weighted by Crippen LogP contribution is 2.34. The van der Waals surface area contributed by atoms with Crippen LogP contribution in [0.3, 0.4) is 0 Å². The molecule has 32 heavy (non-hydrogen) atoms. The molecule has 162 valence electrons. The van der Waals surface area contributed by atoms with E-state index in [1.165, 1.54) is 0 Å². The lowest BCUT2D eigenvalue weighted by Crippen LogP contribution is -2.68. The molecule has 0 saturated carbocycles. The Morgan fingerprint density at radius 1 is 1.12 bits per heavy atom. The summed E-state index contributed by atoms with van der Waals surface area (Å²) in [5, 5.41) is 0.599. The van der Waals surface area contributed by atoms with Crippen molar-refractivity contribution in [2.45, 2.75) is 13.0 Å². The fourth-order valence-corrected chi connectivity index (χ4v) is 4.49. The van der Waals surface area contributed by atoms with Gasteiger partial charge in [-0.25, -0.2) is 4.98 Å². The van der Waals surface area contributed by atoms with Crippen LogP contribution in [0.25, 0.3) is 22.4 Å². The van der Waals surface area contributed by atoms with Gasteiger partial charge in [-0.1, -0.05) is 41.9 Å². The van der Waals surface area contributed by atoms with Crippen LogP contribution in [0.15, 0.2) is 72.8 Å². The SMILES string of the molecule is CC1C[N+](NC(=O)c2ccccc2)(c2ccc(Cl)c(-c3nc4ccccc4[nH]3)c2)CCO1. The third kappa shape index (κ3) is 3.88. The number of benzene rings is 3. The summed E-state index contributed by atoms with van der Waals surface area (Å²) < 4.78 is 6.09. The molecular formula is C25H24ClN4O2+. The summed E-state index contributed by atoms with van der Waals surface area (Å²) in [6, 6.07) is 23.0. The van der Waals surface area contributed by atoms with Gasteiger partial charge in [-0.2, -0.15) is 10.0 Å². The number of aromatic nitrogens is 2. The molecule has 1 aliphatic heterocycles. The van der Waals surface area contributed by atoms with Crippen molar-refractivity contribution in [1.82, 2.24) is 20.0 Å². The standard InChI is InChI=1S/C25H23ClN4O2/c1-17-16-30(13-14-32-17,29-25(31)18-7-3-2-4-8-18)19-11-12-21(26)20(15-19)24-27-22-9-5-6-10-23(22)28-24/h2-12,15,17H,13-14,16H2,1H3,(H-,27,28,29,31)/p+1. The van der Waals surface area contributed by atoms with Crippen LogP contribution in [0.5, 0.6) is 0 Å². The number of hydrogen-bond donors (Lipinski definition) is 2. The quantitative estimate of drug-likeness (QED) is 0.435. The second kappa shape index (κ2) is 8.39. The van der Waals surface area contributed by atoms with Gasteiger partial charge in [0.15, 0.2) is 5.69 Å². The van der Waals surface area contributed by atoms with E-state index in [-0.39, 0.29) is 16.6 Å². The van der Waals surface area contributed by atoms with Crippen molar-refractivity contribution in [1.29, 1.82) is 0 Å². The molecule has 0 bridgehead atoms. The number of morpholine rings is 1. The van der Waals surface area contributed by atoms with Gasteiger partial charge in [0.1, 0.15) is 25.0 Å². The van der Waals surface area contributed by atoms with Crippen LogP contribution in [0.2, 0.25) is 5.02 Å². The molecule has 4 aromatic rings. The normalized spacial score (nSPS) is 20.9. The molecule has 5 rings (SSSR count). The summed E-state index contributed by atoms with van der Waals surface area (Å²) in [6.07, 6.45) is -0.00912. The van der Waals surface area contributed by atoms with Gasteiger partial charge in [-0.15, -0.1) is 0 Å². The van der Waals surface area contributed by atoms with Gasteiger partial charge < -0.3 is 9.72 Å². The maximum atomic E-state index is 13.1. The average Bonchev–Trinajstić information content (AvgIpc) is 3.24. The number of nitrogens with zero attached hydrogens (tertiary/aromatic N) is 2. The average molecular weight is 448 g/mol. The van der Waals surface area contributed by atoms with E-state index < -0.39 is 0 Å². The molecule has 0 radical (unpaired) electrons. The number of ether oxygens (including phenoxy) is 1. The molecule has 2 N–H and O–H groups in total. The Morgan fingerprint density at radius 2 is 1.91 bits per heavy atom. The van der Waals surface area contributed by atoms with Gasteiger partial charge in [-0.3, -0.25) is 4.79 Å². The lowest BCUT2D eigenvalue weighted by atomic mass is 10.1. The summed E-state index contributed by atoms with van der Waals surface area (Å²) in [5.41, 5.74) is 7.45. The van der Waals surface area contributed by atoms with E-state index in [1.807, 2.05) is 79.7 Å². The highest BCUT2D eigenvalue weighted by molar-refractivity contribution is 6.33. The number of nitrogens with one attached hydrogen (secondary N) is 2. The van der Waals surface area contributed by atoms with Gasteiger partial charge in [0.25, 0.3) is 5.91 Å². The first-order valence-electron chi connectivity index (χ1n) is 10.7. The highest BCUT2D eigenvalue weighted by Gasteiger charge is 2.39. The summed E-state index contributed by atoms with van der Waals surface area (Å²) in [4.78, 5) is 21.2. The molecule has 1 aliphatic rings. The van der Waals surface area contributed by atoms with E-state index in [0.717, 1.165) is 22.3 Å². The number of amides is 1. The topological polar surface area (TPSA) is 67.0 Å². The third-order valence-corrected chi connectivity index (χ3v) is 6.21. The number of imidazole rings is 1. The van der Waals surface area contributed by atoms with Crippen molar-refractivity contribution in [3.63, 3.8) is 0 Å². The number of H-pyrrole nitrogens is 1. The van der Waals surface area contributed by atoms with Crippen LogP contribution in [-0.2, 0) is 4.74 Å². The third-order valence-electron chi connectivity index (χ3n) is 5.88. The van der Waals surface area contributed by atoms with E-state index in [4.69, 9.17) is 21.3 Å². The molecule has 7 heteroatoms. The molecule has 2 unspecified atom stereocenters. The minimum atomic E-state index is -0.125. The fourth-order valence-electron chi connectivity index (χ4n) is 4.28. The molecule has 0 spiro atoms. The first-order chi connectivity index (χ1) is 15.5. The van der Waals surface area contributed by atoms with Crippen molar-refractivity contribution in [2.75, 3.05) is 19.7 Å².